The first-order valence-corrected chi connectivity index (χ1v) is 10.9. The van der Waals surface area contributed by atoms with E-state index in [2.05, 4.69) is 15.3 Å². The van der Waals surface area contributed by atoms with Gasteiger partial charge in [0.25, 0.3) is 0 Å². The van der Waals surface area contributed by atoms with Crippen LogP contribution in [0.15, 0.2) is 42.5 Å². The number of nitrogens with two attached hydrogens (primary N) is 2. The number of nitrogens with zero attached hydrogens (tertiary/aromatic N) is 3. The van der Waals surface area contributed by atoms with Gasteiger partial charge >= 0.3 is 0 Å². The van der Waals surface area contributed by atoms with Crippen molar-refractivity contribution in [3.05, 3.63) is 63.0 Å². The number of nitrogens with one attached hydrogen (secondary N) is 1. The maximum atomic E-state index is 13.2. The Balaban J connectivity index is 1.76. The number of benzene rings is 2. The number of aromatic nitrogens is 1. The van der Waals surface area contributed by atoms with Gasteiger partial charge in [0.05, 0.1) is 27.0 Å². The minimum absolute atomic E-state index is 0.115. The zero-order valence-electron chi connectivity index (χ0n) is 15.9. The van der Waals surface area contributed by atoms with Gasteiger partial charge in [0, 0.05) is 26.2 Å². The zero-order valence-corrected chi connectivity index (χ0v) is 18.3. The summed E-state index contributed by atoms with van der Waals surface area (Å²) in [6.45, 7) is 3.30. The lowest BCUT2D eigenvalue weighted by atomic mass is 10.1. The number of halogens is 2. The molecule has 3 aromatic rings. The highest BCUT2D eigenvalue weighted by molar-refractivity contribution is 7.18. The van der Waals surface area contributed by atoms with Gasteiger partial charge < -0.3 is 16.8 Å². The molecular formula is C20H20Cl2N6OS. The van der Waals surface area contributed by atoms with Gasteiger partial charge in [0.2, 0.25) is 10.9 Å². The second-order valence-corrected chi connectivity index (χ2v) is 8.48. The maximum absolute atomic E-state index is 13.2. The van der Waals surface area contributed by atoms with Crippen LogP contribution in [0.5, 0.6) is 0 Å². The van der Waals surface area contributed by atoms with Crippen molar-refractivity contribution in [2.75, 3.05) is 42.7 Å². The van der Waals surface area contributed by atoms with Crippen molar-refractivity contribution < 1.29 is 4.79 Å². The SMILES string of the molecule is Nc1ccc(Cl)c(C(=O)c2sc(N(c3ccccc3)N3CCNCC3)nc2N)c1Cl. The summed E-state index contributed by atoms with van der Waals surface area (Å²) in [6.07, 6.45) is 0. The summed E-state index contributed by atoms with van der Waals surface area (Å²) in [6, 6.07) is 13.0. The van der Waals surface area contributed by atoms with E-state index in [-0.39, 0.29) is 32.0 Å². The number of nitrogen functional groups attached to an aromatic ring is 2. The van der Waals surface area contributed by atoms with E-state index < -0.39 is 5.78 Å². The third kappa shape index (κ3) is 3.97. The summed E-state index contributed by atoms with van der Waals surface area (Å²) in [7, 11) is 0. The number of carbonyl (C=O) groups excluding carboxylic acids is 1. The Kier molecular flexibility index (Phi) is 6.12. The summed E-state index contributed by atoms with van der Waals surface area (Å²) < 4.78 is 0. The summed E-state index contributed by atoms with van der Waals surface area (Å²) >= 11 is 13.7. The molecule has 1 aliphatic heterocycles. The number of hydrazine groups is 1. The van der Waals surface area contributed by atoms with Gasteiger partial charge in [0.1, 0.15) is 10.7 Å². The number of anilines is 4. The molecule has 7 nitrogen and oxygen atoms in total. The van der Waals surface area contributed by atoms with Gasteiger partial charge in [-0.05, 0) is 24.3 Å². The molecule has 156 valence electrons. The quantitative estimate of drug-likeness (QED) is 0.391. The number of hydrogen-bond donors (Lipinski definition) is 3. The first-order valence-electron chi connectivity index (χ1n) is 9.32. The number of thiazole rings is 1. The number of piperazine rings is 1. The average molecular weight is 463 g/mol. The fourth-order valence-corrected chi connectivity index (χ4v) is 4.80. The Morgan fingerprint density at radius 1 is 1.10 bits per heavy atom. The van der Waals surface area contributed by atoms with Gasteiger partial charge in [-0.3, -0.25) is 4.79 Å². The third-order valence-electron chi connectivity index (χ3n) is 4.75. The van der Waals surface area contributed by atoms with Gasteiger partial charge in [-0.25, -0.2) is 15.0 Å². The van der Waals surface area contributed by atoms with E-state index >= 15 is 0 Å². The largest absolute Gasteiger partial charge is 0.398 e. The topological polar surface area (TPSA) is 101 Å². The summed E-state index contributed by atoms with van der Waals surface area (Å²) in [4.78, 5) is 18.0. The molecule has 1 aliphatic rings. The van der Waals surface area contributed by atoms with Crippen LogP contribution in [0, 0.1) is 0 Å². The molecular weight excluding hydrogens is 443 g/mol. The van der Waals surface area contributed by atoms with Gasteiger partial charge in [0.15, 0.2) is 0 Å². The summed E-state index contributed by atoms with van der Waals surface area (Å²) in [5, 5.41) is 8.45. The smallest absolute Gasteiger partial charge is 0.209 e. The molecule has 0 radical (unpaired) electrons. The van der Waals surface area contributed by atoms with Crippen LogP contribution < -0.4 is 21.8 Å². The molecule has 1 aromatic heterocycles. The molecule has 30 heavy (non-hydrogen) atoms. The molecule has 0 spiro atoms. The normalized spacial score (nSPS) is 14.6. The van der Waals surface area contributed by atoms with Crippen LogP contribution in [0.1, 0.15) is 15.2 Å². The minimum Gasteiger partial charge on any atom is -0.398 e. The first-order chi connectivity index (χ1) is 14.5. The maximum Gasteiger partial charge on any atom is 0.209 e. The highest BCUT2D eigenvalue weighted by Crippen LogP contribution is 2.38. The third-order valence-corrected chi connectivity index (χ3v) is 6.52. The van der Waals surface area contributed by atoms with Crippen molar-refractivity contribution >= 4 is 62.6 Å². The molecule has 0 aliphatic carbocycles. The van der Waals surface area contributed by atoms with E-state index in [1.165, 1.54) is 11.3 Å². The Morgan fingerprint density at radius 2 is 1.80 bits per heavy atom. The van der Waals surface area contributed by atoms with Crippen LogP contribution in [0.3, 0.4) is 0 Å². The number of carbonyl (C=O) groups is 1. The van der Waals surface area contributed by atoms with Crippen LogP contribution in [0.2, 0.25) is 10.0 Å². The average Bonchev–Trinajstić information content (AvgIpc) is 3.14. The van der Waals surface area contributed by atoms with Crippen LogP contribution in [-0.2, 0) is 0 Å². The van der Waals surface area contributed by atoms with Crippen molar-refractivity contribution in [3.8, 4) is 0 Å². The number of ketones is 1. The highest BCUT2D eigenvalue weighted by atomic mass is 35.5. The monoisotopic (exact) mass is 462 g/mol. The fourth-order valence-electron chi connectivity index (χ4n) is 3.28. The van der Waals surface area contributed by atoms with Gasteiger partial charge in [-0.15, -0.1) is 0 Å². The van der Waals surface area contributed by atoms with E-state index in [1.807, 2.05) is 35.3 Å². The van der Waals surface area contributed by atoms with Crippen LogP contribution in [0.4, 0.5) is 22.3 Å². The number of rotatable bonds is 5. The predicted octanol–water partition coefficient (Wildman–Crippen LogP) is 3.80. The Labute approximate surface area is 188 Å². The fraction of sp³-hybridized carbons (Fsp3) is 0.200. The molecule has 2 heterocycles. The van der Waals surface area contributed by atoms with Crippen LogP contribution in [-0.4, -0.2) is 42.0 Å². The van der Waals surface area contributed by atoms with E-state index in [0.29, 0.717) is 5.13 Å². The molecule has 2 aromatic carbocycles. The molecule has 0 unspecified atom stereocenters. The molecule has 5 N–H and O–H groups in total. The zero-order chi connectivity index (χ0) is 21.3. The molecule has 0 saturated carbocycles. The van der Waals surface area contributed by atoms with Crippen molar-refractivity contribution in [1.29, 1.82) is 0 Å². The van der Waals surface area contributed by atoms with E-state index in [4.69, 9.17) is 34.7 Å². The van der Waals surface area contributed by atoms with Crippen molar-refractivity contribution in [2.24, 2.45) is 0 Å². The second-order valence-electron chi connectivity index (χ2n) is 6.72. The first kappa shape index (κ1) is 20.9. The lowest BCUT2D eigenvalue weighted by Gasteiger charge is -2.37. The van der Waals surface area contributed by atoms with Gasteiger partial charge in [-0.1, -0.05) is 52.7 Å². The van der Waals surface area contributed by atoms with Crippen LogP contribution in [0.25, 0.3) is 0 Å². The van der Waals surface area contributed by atoms with Gasteiger partial charge in [-0.2, -0.15) is 0 Å². The Hall–Kier alpha value is -2.36. The number of hydrogen-bond acceptors (Lipinski definition) is 8. The Bertz CT molecular complexity index is 1070. The highest BCUT2D eigenvalue weighted by Gasteiger charge is 2.28. The molecule has 1 saturated heterocycles. The molecule has 0 atom stereocenters. The van der Waals surface area contributed by atoms with E-state index in [0.717, 1.165) is 31.9 Å². The van der Waals surface area contributed by atoms with E-state index in [9.17, 15) is 4.79 Å². The molecule has 1 fully saturated rings. The van der Waals surface area contributed by atoms with Crippen molar-refractivity contribution in [2.45, 2.75) is 0 Å². The predicted molar refractivity (Wildman–Crippen MR) is 124 cm³/mol. The molecule has 0 amide bonds. The molecule has 0 bridgehead atoms. The van der Waals surface area contributed by atoms with Crippen LogP contribution >= 0.6 is 34.5 Å². The van der Waals surface area contributed by atoms with Crippen molar-refractivity contribution in [1.82, 2.24) is 15.3 Å². The van der Waals surface area contributed by atoms with Crippen molar-refractivity contribution in [3.63, 3.8) is 0 Å². The summed E-state index contributed by atoms with van der Waals surface area (Å²) in [5.41, 5.74) is 13.4. The minimum atomic E-state index is -0.396. The lowest BCUT2D eigenvalue weighted by Crippen LogP contribution is -2.50. The second kappa shape index (κ2) is 8.79. The standard InChI is InChI=1S/C20H20Cl2N6OS/c21-13-6-7-14(23)16(22)15(13)17(29)18-19(24)26-20(30-18)28(12-4-2-1-3-5-12)27-10-8-25-9-11-27/h1-7,25H,8-11,23-24H2. The number of para-hydroxylation sites is 1. The lowest BCUT2D eigenvalue weighted by molar-refractivity contribution is 0.104. The molecule has 10 heteroatoms. The summed E-state index contributed by atoms with van der Waals surface area (Å²) in [5.74, 6) is -0.266. The van der Waals surface area contributed by atoms with E-state index in [1.54, 1.807) is 12.1 Å². The Morgan fingerprint density at radius 3 is 2.50 bits per heavy atom. The molecule has 4 rings (SSSR count).